The number of hydrogen-bond acceptors (Lipinski definition) is 6. The first-order chi connectivity index (χ1) is 18.0. The number of aromatic nitrogens is 1. The highest BCUT2D eigenvalue weighted by Crippen LogP contribution is 2.46. The van der Waals surface area contributed by atoms with E-state index in [9.17, 15) is 14.4 Å². The molecule has 7 nitrogen and oxygen atoms in total. The average Bonchev–Trinajstić information content (AvgIpc) is 3.60. The van der Waals surface area contributed by atoms with E-state index in [2.05, 4.69) is 6.07 Å². The Morgan fingerprint density at radius 1 is 1.21 bits per heavy atom. The largest absolute Gasteiger partial charge is 0.462 e. The monoisotopic (exact) mass is 556 g/mol. The van der Waals surface area contributed by atoms with Crippen LogP contribution < -0.4 is 5.43 Å². The van der Waals surface area contributed by atoms with E-state index in [0.29, 0.717) is 15.9 Å². The fourth-order valence-corrected chi connectivity index (χ4v) is 6.83. The van der Waals surface area contributed by atoms with Crippen LogP contribution in [-0.2, 0) is 15.9 Å². The van der Waals surface area contributed by atoms with Crippen LogP contribution in [0.25, 0.3) is 21.3 Å². The number of carbonyl (C=O) groups is 2. The Labute approximate surface area is 231 Å². The molecule has 1 amide bonds. The minimum absolute atomic E-state index is 0.0367. The van der Waals surface area contributed by atoms with Gasteiger partial charge >= 0.3 is 12.1 Å². The maximum Gasteiger partial charge on any atom is 0.410 e. The summed E-state index contributed by atoms with van der Waals surface area (Å²) in [5.41, 5.74) is 1.72. The van der Waals surface area contributed by atoms with E-state index >= 15 is 0 Å². The molecule has 0 saturated heterocycles. The SMILES string of the molecule is CCOC(=O)c1cn(C2CC2)c2c(Cl)c(-c3cc4c(s3)CCCC4N(C)C(=O)OC(C)(C)C)ccc2c1=O. The second-order valence-electron chi connectivity index (χ2n) is 11.0. The van der Waals surface area contributed by atoms with Gasteiger partial charge in [-0.1, -0.05) is 17.7 Å². The van der Waals surface area contributed by atoms with Crippen molar-refractivity contribution in [1.29, 1.82) is 0 Å². The predicted octanol–water partition coefficient (Wildman–Crippen LogP) is 7.14. The maximum atomic E-state index is 13.3. The fraction of sp³-hybridized carbons (Fsp3) is 0.483. The molecule has 2 aliphatic carbocycles. The van der Waals surface area contributed by atoms with Crippen molar-refractivity contribution in [3.05, 3.63) is 55.6 Å². The molecule has 1 saturated carbocycles. The quantitative estimate of drug-likeness (QED) is 0.312. The predicted molar refractivity (Wildman–Crippen MR) is 150 cm³/mol. The minimum Gasteiger partial charge on any atom is -0.462 e. The van der Waals surface area contributed by atoms with E-state index in [4.69, 9.17) is 21.1 Å². The van der Waals surface area contributed by atoms with E-state index < -0.39 is 11.6 Å². The zero-order valence-electron chi connectivity index (χ0n) is 22.4. The Morgan fingerprint density at radius 3 is 2.61 bits per heavy atom. The molecule has 2 heterocycles. The normalized spacial score (nSPS) is 17.3. The third-order valence-corrected chi connectivity index (χ3v) is 8.69. The summed E-state index contributed by atoms with van der Waals surface area (Å²) in [5, 5.41) is 0.914. The molecule has 2 aliphatic rings. The molecule has 1 atom stereocenters. The van der Waals surface area contributed by atoms with Crippen LogP contribution in [0.2, 0.25) is 5.02 Å². The van der Waals surface area contributed by atoms with Crippen LogP contribution in [0.15, 0.2) is 29.2 Å². The number of carbonyl (C=O) groups excluding carboxylic acids is 2. The summed E-state index contributed by atoms with van der Waals surface area (Å²) in [7, 11) is 1.80. The molecular weight excluding hydrogens is 524 g/mol. The fourth-order valence-electron chi connectivity index (χ4n) is 5.12. The Balaban J connectivity index is 1.57. The number of fused-ring (bicyclic) bond motifs is 2. The summed E-state index contributed by atoms with van der Waals surface area (Å²) in [6, 6.07) is 5.88. The number of nitrogens with zero attached hydrogens (tertiary/aromatic N) is 2. The number of esters is 1. The number of ether oxygens (including phenoxy) is 2. The van der Waals surface area contributed by atoms with Gasteiger partial charge in [-0.25, -0.2) is 9.59 Å². The number of hydrogen-bond donors (Lipinski definition) is 0. The summed E-state index contributed by atoms with van der Waals surface area (Å²) >= 11 is 8.73. The number of rotatable bonds is 5. The lowest BCUT2D eigenvalue weighted by atomic mass is 9.92. The molecule has 9 heteroatoms. The van der Waals surface area contributed by atoms with E-state index in [1.807, 2.05) is 31.4 Å². The number of amides is 1. The first-order valence-electron chi connectivity index (χ1n) is 13.1. The van der Waals surface area contributed by atoms with Gasteiger partial charge in [0, 0.05) is 40.0 Å². The van der Waals surface area contributed by atoms with Gasteiger partial charge in [-0.15, -0.1) is 11.3 Å². The van der Waals surface area contributed by atoms with Gasteiger partial charge in [0.15, 0.2) is 0 Å². The number of halogens is 1. The summed E-state index contributed by atoms with van der Waals surface area (Å²) < 4.78 is 12.7. The first kappa shape index (κ1) is 26.8. The van der Waals surface area contributed by atoms with Crippen molar-refractivity contribution in [2.45, 2.75) is 77.5 Å². The molecular formula is C29H33ClN2O5S. The highest BCUT2D eigenvalue weighted by atomic mass is 35.5. The summed E-state index contributed by atoms with van der Waals surface area (Å²) in [5.74, 6) is -0.611. The standard InChI is InChI=1S/C29H33ClN2O5S/c1-6-36-27(34)20-15-32(16-10-11-16)25-18(26(20)33)13-12-17(24(25)30)23-14-19-21(8-7-9-22(19)38-23)31(5)28(35)37-29(2,3)4/h12-16,21H,6-11H2,1-5H3. The average molecular weight is 557 g/mol. The Kier molecular flexibility index (Phi) is 7.07. The smallest absolute Gasteiger partial charge is 0.410 e. The minimum atomic E-state index is -0.611. The number of thiophene rings is 1. The summed E-state index contributed by atoms with van der Waals surface area (Å²) in [6.07, 6.45) is 5.99. The molecule has 3 aromatic rings. The van der Waals surface area contributed by atoms with Gasteiger partial charge in [-0.2, -0.15) is 0 Å². The Morgan fingerprint density at radius 2 is 1.95 bits per heavy atom. The van der Waals surface area contributed by atoms with Gasteiger partial charge in [-0.3, -0.25) is 4.79 Å². The summed E-state index contributed by atoms with van der Waals surface area (Å²) in [6.45, 7) is 7.52. The van der Waals surface area contributed by atoms with Crippen LogP contribution >= 0.6 is 22.9 Å². The second kappa shape index (κ2) is 10.0. The molecule has 5 rings (SSSR count). The molecule has 1 fully saturated rings. The van der Waals surface area contributed by atoms with Crippen molar-refractivity contribution in [2.24, 2.45) is 0 Å². The molecule has 0 radical (unpaired) electrons. The Bertz CT molecular complexity index is 1480. The zero-order chi connectivity index (χ0) is 27.4. The van der Waals surface area contributed by atoms with E-state index in [0.717, 1.165) is 48.1 Å². The molecule has 202 valence electrons. The highest BCUT2D eigenvalue weighted by molar-refractivity contribution is 7.15. The van der Waals surface area contributed by atoms with Gasteiger partial charge in [-0.05, 0) is 77.5 Å². The second-order valence-corrected chi connectivity index (χ2v) is 12.6. The molecule has 1 aromatic carbocycles. The van der Waals surface area contributed by atoms with Gasteiger partial charge in [0.2, 0.25) is 5.43 Å². The third kappa shape index (κ3) is 4.96. The van der Waals surface area contributed by atoms with Crippen LogP contribution in [0.3, 0.4) is 0 Å². The number of benzene rings is 1. The number of aryl methyl sites for hydroxylation is 1. The van der Waals surface area contributed by atoms with Crippen molar-refractivity contribution in [1.82, 2.24) is 9.47 Å². The van der Waals surface area contributed by atoms with Crippen molar-refractivity contribution in [2.75, 3.05) is 13.7 Å². The van der Waals surface area contributed by atoms with Crippen molar-refractivity contribution >= 4 is 45.9 Å². The molecule has 38 heavy (non-hydrogen) atoms. The number of pyridine rings is 1. The van der Waals surface area contributed by atoms with Gasteiger partial charge in [0.05, 0.1) is 23.2 Å². The molecule has 0 spiro atoms. The lowest BCUT2D eigenvalue weighted by Crippen LogP contribution is -2.37. The van der Waals surface area contributed by atoms with E-state index in [-0.39, 0.29) is 35.8 Å². The summed E-state index contributed by atoms with van der Waals surface area (Å²) in [4.78, 5) is 42.5. The van der Waals surface area contributed by atoms with Crippen LogP contribution in [0.4, 0.5) is 4.79 Å². The van der Waals surface area contributed by atoms with Crippen LogP contribution in [-0.4, -0.2) is 40.8 Å². The van der Waals surface area contributed by atoms with Crippen molar-refractivity contribution in [3.8, 4) is 10.4 Å². The van der Waals surface area contributed by atoms with E-state index in [1.165, 1.54) is 4.88 Å². The molecule has 0 bridgehead atoms. The lowest BCUT2D eigenvalue weighted by Gasteiger charge is -2.33. The topological polar surface area (TPSA) is 77.8 Å². The van der Waals surface area contributed by atoms with Crippen LogP contribution in [0.1, 0.15) is 86.3 Å². The first-order valence-corrected chi connectivity index (χ1v) is 14.3. The van der Waals surface area contributed by atoms with Gasteiger partial charge in [0.1, 0.15) is 11.2 Å². The molecule has 1 unspecified atom stereocenters. The Hall–Kier alpha value is -2.84. The van der Waals surface area contributed by atoms with Crippen molar-refractivity contribution < 1.29 is 19.1 Å². The van der Waals surface area contributed by atoms with E-state index in [1.54, 1.807) is 42.5 Å². The zero-order valence-corrected chi connectivity index (χ0v) is 24.0. The van der Waals surface area contributed by atoms with Crippen molar-refractivity contribution in [3.63, 3.8) is 0 Å². The lowest BCUT2D eigenvalue weighted by molar-refractivity contribution is 0.0205. The molecule has 0 aliphatic heterocycles. The van der Waals surface area contributed by atoms with Gasteiger partial charge < -0.3 is 18.9 Å². The third-order valence-electron chi connectivity index (χ3n) is 7.06. The maximum absolute atomic E-state index is 13.3. The van der Waals surface area contributed by atoms with Gasteiger partial charge in [0.25, 0.3) is 0 Å². The van der Waals surface area contributed by atoms with Crippen LogP contribution in [0.5, 0.6) is 0 Å². The molecule has 0 N–H and O–H groups in total. The van der Waals surface area contributed by atoms with Crippen LogP contribution in [0, 0.1) is 0 Å². The molecule has 2 aromatic heterocycles. The highest BCUT2D eigenvalue weighted by Gasteiger charge is 2.33.